The summed E-state index contributed by atoms with van der Waals surface area (Å²) in [6.07, 6.45) is 8.06. The Morgan fingerprint density at radius 1 is 0.917 bits per heavy atom. The van der Waals surface area contributed by atoms with Crippen LogP contribution in [0.4, 0.5) is 0 Å². The molecule has 2 rings (SSSR count). The lowest BCUT2D eigenvalue weighted by Crippen LogP contribution is -2.20. The highest BCUT2D eigenvalue weighted by atomic mass is 16.3. The lowest BCUT2D eigenvalue weighted by Gasteiger charge is -2.32. The first kappa shape index (κ1) is 19.3. The Balaban J connectivity index is 0.00000312. The zero-order valence-electron chi connectivity index (χ0n) is 17.0. The maximum absolute atomic E-state index is 10.9. The van der Waals surface area contributed by atoms with Gasteiger partial charge in [0, 0.05) is 1.43 Å². The summed E-state index contributed by atoms with van der Waals surface area (Å²) in [5.74, 6) is 2.12. The van der Waals surface area contributed by atoms with Crippen LogP contribution in [-0.2, 0) is 10.8 Å². The van der Waals surface area contributed by atoms with E-state index >= 15 is 0 Å². The van der Waals surface area contributed by atoms with E-state index in [9.17, 15) is 5.11 Å². The normalized spacial score (nSPS) is 22.6. The number of phenolic OH excluding ortho intramolecular Hbond substituents is 1. The largest absolute Gasteiger partial charge is 0.507 e. The summed E-state index contributed by atoms with van der Waals surface area (Å²) in [5, 5.41) is 10.9. The second kappa shape index (κ2) is 7.10. The van der Waals surface area contributed by atoms with Crippen LogP contribution in [0.3, 0.4) is 0 Å². The molecule has 138 valence electrons. The molecule has 0 bridgehead atoms. The summed E-state index contributed by atoms with van der Waals surface area (Å²) >= 11 is 0. The molecule has 0 atom stereocenters. The molecule has 1 nitrogen and oxygen atoms in total. The second-order valence-corrected chi connectivity index (χ2v) is 9.97. The molecular weight excluding hydrogens is 292 g/mol. The molecule has 1 fully saturated rings. The molecule has 1 saturated carbocycles. The molecule has 0 unspecified atom stereocenters. The van der Waals surface area contributed by atoms with Crippen LogP contribution in [0.2, 0.25) is 0 Å². The average molecular weight is 333 g/mol. The summed E-state index contributed by atoms with van der Waals surface area (Å²) in [7, 11) is 0. The van der Waals surface area contributed by atoms with Gasteiger partial charge in [-0.2, -0.15) is 0 Å². The van der Waals surface area contributed by atoms with E-state index in [1.807, 2.05) is 0 Å². The van der Waals surface area contributed by atoms with Crippen molar-refractivity contribution < 1.29 is 6.53 Å². The van der Waals surface area contributed by atoms with E-state index in [0.29, 0.717) is 11.7 Å². The van der Waals surface area contributed by atoms with Gasteiger partial charge in [-0.15, -0.1) is 0 Å². The number of aromatic hydroxyl groups is 1. The molecule has 1 aliphatic rings. The van der Waals surface area contributed by atoms with Gasteiger partial charge in [0.2, 0.25) is 0 Å². The van der Waals surface area contributed by atoms with Crippen LogP contribution in [0, 0.1) is 5.92 Å². The Bertz CT molecular complexity index is 519. The summed E-state index contributed by atoms with van der Waals surface area (Å²) in [6.45, 7) is 15.5. The molecule has 1 aromatic rings. The molecule has 0 aliphatic heterocycles. The Labute approximate surface area is 151 Å². The minimum Gasteiger partial charge on any atom is -0.507 e. The Kier molecular flexibility index (Phi) is 5.72. The van der Waals surface area contributed by atoms with E-state index in [-0.39, 0.29) is 12.3 Å². The zero-order chi connectivity index (χ0) is 18.1. The van der Waals surface area contributed by atoms with Crippen molar-refractivity contribution in [1.29, 1.82) is 0 Å². The predicted molar refractivity (Wildman–Crippen MR) is 107 cm³/mol. The van der Waals surface area contributed by atoms with E-state index in [2.05, 4.69) is 60.6 Å². The Morgan fingerprint density at radius 3 is 1.75 bits per heavy atom. The quantitative estimate of drug-likeness (QED) is 0.615. The van der Waals surface area contributed by atoms with Gasteiger partial charge in [-0.25, -0.2) is 0 Å². The monoisotopic (exact) mass is 332 g/mol. The number of hydrogen-bond donors (Lipinski definition) is 1. The third kappa shape index (κ3) is 4.35. The van der Waals surface area contributed by atoms with Crippen molar-refractivity contribution in [2.45, 2.75) is 104 Å². The molecule has 24 heavy (non-hydrogen) atoms. The van der Waals surface area contributed by atoms with Crippen molar-refractivity contribution in [2.75, 3.05) is 0 Å². The van der Waals surface area contributed by atoms with Crippen molar-refractivity contribution in [3.63, 3.8) is 0 Å². The van der Waals surface area contributed by atoms with Gasteiger partial charge in [-0.1, -0.05) is 73.4 Å². The SMILES string of the molecule is CCCC1CCC(c2cc(C(C)(C)C)c(O)c(C(C)(C)C)c2)CC1.[HH]. The lowest BCUT2D eigenvalue weighted by atomic mass is 9.73. The summed E-state index contributed by atoms with van der Waals surface area (Å²) in [4.78, 5) is 0. The molecule has 0 amide bonds. The van der Waals surface area contributed by atoms with Crippen LogP contribution in [0.5, 0.6) is 5.75 Å². The van der Waals surface area contributed by atoms with E-state index in [1.54, 1.807) is 0 Å². The van der Waals surface area contributed by atoms with Crippen molar-refractivity contribution in [3.05, 3.63) is 28.8 Å². The molecule has 0 aromatic heterocycles. The van der Waals surface area contributed by atoms with Crippen LogP contribution >= 0.6 is 0 Å². The Morgan fingerprint density at radius 2 is 1.38 bits per heavy atom. The maximum Gasteiger partial charge on any atom is 0.123 e. The van der Waals surface area contributed by atoms with Crippen LogP contribution in [0.25, 0.3) is 0 Å². The third-order valence-electron chi connectivity index (χ3n) is 5.76. The van der Waals surface area contributed by atoms with Crippen molar-refractivity contribution in [2.24, 2.45) is 5.92 Å². The first-order valence-electron chi connectivity index (χ1n) is 9.92. The molecule has 1 heteroatoms. The van der Waals surface area contributed by atoms with Gasteiger partial charge in [0.15, 0.2) is 0 Å². The summed E-state index contributed by atoms with van der Waals surface area (Å²) < 4.78 is 0. The molecule has 0 spiro atoms. The average Bonchev–Trinajstić information content (AvgIpc) is 2.46. The first-order valence-corrected chi connectivity index (χ1v) is 9.92. The molecule has 0 radical (unpaired) electrons. The van der Waals surface area contributed by atoms with Gasteiger partial charge in [0.05, 0.1) is 0 Å². The van der Waals surface area contributed by atoms with E-state index in [0.717, 1.165) is 17.0 Å². The molecule has 1 aliphatic carbocycles. The topological polar surface area (TPSA) is 20.2 Å². The van der Waals surface area contributed by atoms with E-state index in [1.165, 1.54) is 44.1 Å². The minimum absolute atomic E-state index is 0. The van der Waals surface area contributed by atoms with Gasteiger partial charge in [-0.3, -0.25) is 0 Å². The number of rotatable bonds is 3. The Hall–Kier alpha value is -0.980. The highest BCUT2D eigenvalue weighted by Gasteiger charge is 2.29. The predicted octanol–water partition coefficient (Wildman–Crippen LogP) is 7.31. The number of hydrogen-bond acceptors (Lipinski definition) is 1. The van der Waals surface area contributed by atoms with Gasteiger partial charge >= 0.3 is 0 Å². The molecule has 0 saturated heterocycles. The third-order valence-corrected chi connectivity index (χ3v) is 5.76. The zero-order valence-corrected chi connectivity index (χ0v) is 17.0. The van der Waals surface area contributed by atoms with Crippen LogP contribution in [-0.4, -0.2) is 5.11 Å². The minimum atomic E-state index is -0.0283. The fraction of sp³-hybridized carbons (Fsp3) is 0.739. The standard InChI is InChI=1S/C23H38O.H2/c1-8-9-16-10-12-17(13-11-16)18-14-19(22(2,3)4)21(24)20(15-18)23(5,6)7;/h14-17,24H,8-13H2,1-7H3;1H. The molecule has 1 aromatic carbocycles. The van der Waals surface area contributed by atoms with E-state index < -0.39 is 0 Å². The maximum atomic E-state index is 10.9. The van der Waals surface area contributed by atoms with E-state index in [4.69, 9.17) is 0 Å². The van der Waals surface area contributed by atoms with Gasteiger partial charge in [0.25, 0.3) is 0 Å². The summed E-state index contributed by atoms with van der Waals surface area (Å²) in [5.41, 5.74) is 3.62. The van der Waals surface area contributed by atoms with Crippen molar-refractivity contribution >= 4 is 0 Å². The summed E-state index contributed by atoms with van der Waals surface area (Å²) in [6, 6.07) is 4.60. The first-order chi connectivity index (χ1) is 11.0. The lowest BCUT2D eigenvalue weighted by molar-refractivity contribution is 0.307. The molecule has 1 N–H and O–H groups in total. The second-order valence-electron chi connectivity index (χ2n) is 9.97. The van der Waals surface area contributed by atoms with Crippen molar-refractivity contribution in [3.8, 4) is 5.75 Å². The highest BCUT2D eigenvalue weighted by Crippen LogP contribution is 2.44. The van der Waals surface area contributed by atoms with Gasteiger partial charge in [0.1, 0.15) is 5.75 Å². The van der Waals surface area contributed by atoms with Crippen LogP contribution in [0.1, 0.15) is 111 Å². The van der Waals surface area contributed by atoms with Crippen LogP contribution in [0.15, 0.2) is 12.1 Å². The number of phenols is 1. The fourth-order valence-electron chi connectivity index (χ4n) is 4.23. The smallest absolute Gasteiger partial charge is 0.123 e. The molecule has 0 heterocycles. The number of benzene rings is 1. The van der Waals surface area contributed by atoms with Gasteiger partial charge < -0.3 is 5.11 Å². The van der Waals surface area contributed by atoms with Crippen molar-refractivity contribution in [1.82, 2.24) is 0 Å². The highest BCUT2D eigenvalue weighted by molar-refractivity contribution is 5.50. The van der Waals surface area contributed by atoms with Crippen LogP contribution < -0.4 is 0 Å². The fourth-order valence-corrected chi connectivity index (χ4v) is 4.23. The molecular formula is C23H40O. The van der Waals surface area contributed by atoms with Gasteiger partial charge in [-0.05, 0) is 65.0 Å².